The van der Waals surface area contributed by atoms with E-state index in [0.29, 0.717) is 6.54 Å². The minimum Gasteiger partial charge on any atom is -0.445 e. The summed E-state index contributed by atoms with van der Waals surface area (Å²) in [6.45, 7) is 9.72. The lowest BCUT2D eigenvalue weighted by Gasteiger charge is -2.04. The summed E-state index contributed by atoms with van der Waals surface area (Å²) in [5, 5.41) is 2.52. The van der Waals surface area contributed by atoms with Gasteiger partial charge in [-0.2, -0.15) is 0 Å². The second-order valence-electron chi connectivity index (χ2n) is 2.29. The molecule has 0 aliphatic heterocycles. The van der Waals surface area contributed by atoms with Crippen LogP contribution in [0.25, 0.3) is 0 Å². The van der Waals surface area contributed by atoms with Crippen molar-refractivity contribution in [3.05, 3.63) is 37.0 Å². The minimum absolute atomic E-state index is 0.224. The Morgan fingerprint density at radius 3 is 2.69 bits per heavy atom. The Kier molecular flexibility index (Phi) is 6.32. The number of nitrogens with one attached hydrogen (secondary N) is 1. The Labute approximate surface area is 78.8 Å². The smallest absolute Gasteiger partial charge is 0.407 e. The van der Waals surface area contributed by atoms with E-state index in [1.165, 1.54) is 0 Å². The van der Waals surface area contributed by atoms with Crippen LogP contribution in [0, 0.1) is 0 Å². The van der Waals surface area contributed by atoms with Crippen molar-refractivity contribution in [1.82, 2.24) is 5.32 Å². The maximum absolute atomic E-state index is 10.8. The third kappa shape index (κ3) is 5.73. The Morgan fingerprint density at radius 1 is 1.54 bits per heavy atom. The number of allylic oxidation sites excluding steroid dienone is 2. The van der Waals surface area contributed by atoms with Gasteiger partial charge >= 0.3 is 6.09 Å². The highest BCUT2D eigenvalue weighted by atomic mass is 16.5. The van der Waals surface area contributed by atoms with Gasteiger partial charge in [0.1, 0.15) is 6.61 Å². The Hall–Kier alpha value is -1.51. The highest BCUT2D eigenvalue weighted by molar-refractivity contribution is 5.67. The van der Waals surface area contributed by atoms with Crippen LogP contribution in [0.5, 0.6) is 0 Å². The molecular formula is C10H15NO2. The molecule has 0 aliphatic carbocycles. The van der Waals surface area contributed by atoms with Crippen LogP contribution in [0.1, 0.15) is 6.92 Å². The molecule has 13 heavy (non-hydrogen) atoms. The van der Waals surface area contributed by atoms with Crippen LogP contribution in [0.4, 0.5) is 4.79 Å². The van der Waals surface area contributed by atoms with Crippen LogP contribution in [0.15, 0.2) is 37.0 Å². The number of carbonyl (C=O) groups is 1. The fourth-order valence-electron chi connectivity index (χ4n) is 0.671. The van der Waals surface area contributed by atoms with E-state index in [-0.39, 0.29) is 6.61 Å². The molecule has 0 fully saturated rings. The molecule has 0 aromatic rings. The summed E-state index contributed by atoms with van der Waals surface area (Å²) in [6, 6.07) is 0. The van der Waals surface area contributed by atoms with E-state index in [1.54, 1.807) is 18.2 Å². The number of ether oxygens (including phenoxy) is 1. The summed E-state index contributed by atoms with van der Waals surface area (Å²) >= 11 is 0. The minimum atomic E-state index is -0.417. The molecule has 0 aliphatic rings. The molecule has 0 saturated heterocycles. The third-order valence-corrected chi connectivity index (χ3v) is 1.29. The Balaban J connectivity index is 3.85. The summed E-state index contributed by atoms with van der Waals surface area (Å²) in [4.78, 5) is 10.8. The van der Waals surface area contributed by atoms with Gasteiger partial charge in [-0.3, -0.25) is 0 Å². The van der Waals surface area contributed by atoms with E-state index in [1.807, 2.05) is 6.92 Å². The van der Waals surface area contributed by atoms with Crippen molar-refractivity contribution in [2.75, 3.05) is 13.2 Å². The van der Waals surface area contributed by atoms with Crippen LogP contribution in [0.3, 0.4) is 0 Å². The Bertz CT molecular complexity index is 219. The topological polar surface area (TPSA) is 38.3 Å². The molecule has 3 heteroatoms. The molecule has 0 atom stereocenters. The van der Waals surface area contributed by atoms with Crippen molar-refractivity contribution in [2.45, 2.75) is 6.92 Å². The van der Waals surface area contributed by atoms with Crippen LogP contribution in [-0.2, 0) is 4.74 Å². The van der Waals surface area contributed by atoms with Gasteiger partial charge in [0, 0.05) is 6.54 Å². The maximum atomic E-state index is 10.8. The molecule has 0 bridgehead atoms. The normalized spacial score (nSPS) is 10.4. The fourth-order valence-corrected chi connectivity index (χ4v) is 0.671. The van der Waals surface area contributed by atoms with E-state index in [2.05, 4.69) is 18.5 Å². The van der Waals surface area contributed by atoms with E-state index >= 15 is 0 Å². The lowest BCUT2D eigenvalue weighted by Crippen LogP contribution is -2.24. The lowest BCUT2D eigenvalue weighted by molar-refractivity contribution is 0.157. The first kappa shape index (κ1) is 11.5. The molecule has 0 aromatic carbocycles. The molecule has 0 spiro atoms. The molecule has 0 aromatic heterocycles. The van der Waals surface area contributed by atoms with Gasteiger partial charge in [-0.25, -0.2) is 4.79 Å². The van der Waals surface area contributed by atoms with E-state index in [9.17, 15) is 4.79 Å². The van der Waals surface area contributed by atoms with Crippen molar-refractivity contribution in [3.63, 3.8) is 0 Å². The van der Waals surface area contributed by atoms with Crippen molar-refractivity contribution in [1.29, 1.82) is 0 Å². The van der Waals surface area contributed by atoms with E-state index in [0.717, 1.165) is 5.57 Å². The number of carbonyl (C=O) groups excluding carboxylic acids is 1. The highest BCUT2D eigenvalue weighted by Gasteiger charge is 1.99. The summed E-state index contributed by atoms with van der Waals surface area (Å²) in [5.41, 5.74) is 0.821. The van der Waals surface area contributed by atoms with Crippen LogP contribution < -0.4 is 5.32 Å². The number of hydrogen-bond donors (Lipinski definition) is 1. The average Bonchev–Trinajstić information content (AvgIpc) is 2.12. The van der Waals surface area contributed by atoms with Crippen molar-refractivity contribution < 1.29 is 9.53 Å². The molecule has 0 rings (SSSR count). The van der Waals surface area contributed by atoms with E-state index in [4.69, 9.17) is 4.74 Å². The molecule has 72 valence electrons. The largest absolute Gasteiger partial charge is 0.445 e. The summed E-state index contributed by atoms with van der Waals surface area (Å²) in [6.07, 6.45) is 4.57. The van der Waals surface area contributed by atoms with Gasteiger partial charge in [-0.05, 0) is 12.5 Å². The standard InChI is InChI=1S/C10H15NO2/c1-4-7-9(5-2)8-13-10(12)11-6-3/h4-5,7H,1-2,6,8H2,3H3,(H,11,12)/b9-7+. The van der Waals surface area contributed by atoms with Crippen molar-refractivity contribution in [2.24, 2.45) is 0 Å². The van der Waals surface area contributed by atoms with Crippen LogP contribution in [-0.4, -0.2) is 19.2 Å². The number of alkyl carbamates (subject to hydrolysis) is 1. The van der Waals surface area contributed by atoms with Crippen LogP contribution in [0.2, 0.25) is 0 Å². The second kappa shape index (κ2) is 7.16. The Morgan fingerprint density at radius 2 is 2.23 bits per heavy atom. The second-order valence-corrected chi connectivity index (χ2v) is 2.29. The molecule has 1 N–H and O–H groups in total. The van der Waals surface area contributed by atoms with Gasteiger partial charge in [-0.1, -0.05) is 31.4 Å². The molecule has 0 heterocycles. The molecule has 3 nitrogen and oxygen atoms in total. The first-order chi connectivity index (χ1) is 6.24. The third-order valence-electron chi connectivity index (χ3n) is 1.29. The fraction of sp³-hybridized carbons (Fsp3) is 0.300. The van der Waals surface area contributed by atoms with Gasteiger partial charge < -0.3 is 10.1 Å². The zero-order valence-electron chi connectivity index (χ0n) is 7.88. The molecule has 0 saturated carbocycles. The molecule has 0 radical (unpaired) electrons. The van der Waals surface area contributed by atoms with Crippen molar-refractivity contribution in [3.8, 4) is 0 Å². The zero-order chi connectivity index (χ0) is 10.1. The van der Waals surface area contributed by atoms with Gasteiger partial charge in [0.15, 0.2) is 0 Å². The van der Waals surface area contributed by atoms with Crippen molar-refractivity contribution >= 4 is 6.09 Å². The monoisotopic (exact) mass is 181 g/mol. The molecule has 0 unspecified atom stereocenters. The van der Waals surface area contributed by atoms with Gasteiger partial charge in [0.25, 0.3) is 0 Å². The lowest BCUT2D eigenvalue weighted by atomic mass is 10.2. The summed E-state index contributed by atoms with van der Waals surface area (Å²) < 4.78 is 4.85. The first-order valence-electron chi connectivity index (χ1n) is 4.09. The quantitative estimate of drug-likeness (QED) is 0.659. The molecule has 1 amide bonds. The summed E-state index contributed by atoms with van der Waals surface area (Å²) in [7, 11) is 0. The predicted molar refractivity (Wildman–Crippen MR) is 53.5 cm³/mol. The number of amides is 1. The first-order valence-corrected chi connectivity index (χ1v) is 4.09. The van der Waals surface area contributed by atoms with Gasteiger partial charge in [-0.15, -0.1) is 0 Å². The van der Waals surface area contributed by atoms with Gasteiger partial charge in [0.2, 0.25) is 0 Å². The highest BCUT2D eigenvalue weighted by Crippen LogP contribution is 1.96. The SMILES string of the molecule is C=C/C=C(\C=C)COC(=O)NCC. The van der Waals surface area contributed by atoms with E-state index < -0.39 is 6.09 Å². The maximum Gasteiger partial charge on any atom is 0.407 e. The molecular weight excluding hydrogens is 166 g/mol. The van der Waals surface area contributed by atoms with Crippen LogP contribution >= 0.6 is 0 Å². The number of rotatable bonds is 5. The van der Waals surface area contributed by atoms with Gasteiger partial charge in [0.05, 0.1) is 0 Å². The summed E-state index contributed by atoms with van der Waals surface area (Å²) in [5.74, 6) is 0. The number of hydrogen-bond acceptors (Lipinski definition) is 2. The predicted octanol–water partition coefficient (Wildman–Crippen LogP) is 2.03. The zero-order valence-corrected chi connectivity index (χ0v) is 7.88. The average molecular weight is 181 g/mol.